The number of likely N-dealkylation sites (tertiary alicyclic amines) is 1. The zero-order valence-electron chi connectivity index (χ0n) is 18.0. The quantitative estimate of drug-likeness (QED) is 0.569. The van der Waals surface area contributed by atoms with E-state index in [4.69, 9.17) is 11.6 Å². The van der Waals surface area contributed by atoms with E-state index in [1.54, 1.807) is 24.3 Å². The maximum atomic E-state index is 12.7. The van der Waals surface area contributed by atoms with Gasteiger partial charge in [-0.25, -0.2) is 0 Å². The van der Waals surface area contributed by atoms with Crippen molar-refractivity contribution >= 4 is 29.0 Å². The summed E-state index contributed by atoms with van der Waals surface area (Å²) < 4.78 is 0. The molecule has 1 aliphatic carbocycles. The molecule has 1 aliphatic heterocycles. The van der Waals surface area contributed by atoms with E-state index >= 15 is 0 Å². The Hall–Kier alpha value is -2.17. The second-order valence-electron chi connectivity index (χ2n) is 8.93. The SMILES string of the molecule is O=C(CN1CCC(C(=O)c2ccc(Cl)cc2)CC1)Nc1ccc(C2CCCCC2)cc1. The van der Waals surface area contributed by atoms with Crippen molar-refractivity contribution in [2.75, 3.05) is 25.0 Å². The molecule has 0 unspecified atom stereocenters. The number of ketones is 1. The summed E-state index contributed by atoms with van der Waals surface area (Å²) in [5, 5.41) is 3.66. The fourth-order valence-electron chi connectivity index (χ4n) is 4.88. The predicted octanol–water partition coefficient (Wildman–Crippen LogP) is 5.92. The van der Waals surface area contributed by atoms with Crippen molar-refractivity contribution < 1.29 is 9.59 Å². The van der Waals surface area contributed by atoms with Gasteiger partial charge in [0.15, 0.2) is 5.78 Å². The van der Waals surface area contributed by atoms with E-state index in [-0.39, 0.29) is 17.6 Å². The van der Waals surface area contributed by atoms with Gasteiger partial charge in [-0.2, -0.15) is 0 Å². The molecule has 2 fully saturated rings. The van der Waals surface area contributed by atoms with Crippen LogP contribution in [0.1, 0.15) is 66.8 Å². The first-order valence-electron chi connectivity index (χ1n) is 11.5. The van der Waals surface area contributed by atoms with Crippen LogP contribution in [0.5, 0.6) is 0 Å². The Labute approximate surface area is 190 Å². The number of hydrogen-bond donors (Lipinski definition) is 1. The Morgan fingerprint density at radius 1 is 0.871 bits per heavy atom. The third-order valence-corrected chi connectivity index (χ3v) is 6.98. The lowest BCUT2D eigenvalue weighted by Gasteiger charge is -2.30. The third kappa shape index (κ3) is 5.96. The van der Waals surface area contributed by atoms with Crippen molar-refractivity contribution in [3.63, 3.8) is 0 Å². The monoisotopic (exact) mass is 438 g/mol. The summed E-state index contributed by atoms with van der Waals surface area (Å²) in [6.07, 6.45) is 8.13. The Morgan fingerprint density at radius 2 is 1.52 bits per heavy atom. The first kappa shape index (κ1) is 22.0. The minimum absolute atomic E-state index is 0.00731. The molecule has 0 aromatic heterocycles. The molecule has 2 aliphatic rings. The number of anilines is 1. The summed E-state index contributed by atoms with van der Waals surface area (Å²) >= 11 is 5.92. The highest BCUT2D eigenvalue weighted by Gasteiger charge is 2.26. The maximum absolute atomic E-state index is 12.7. The molecule has 1 heterocycles. The number of rotatable bonds is 6. The van der Waals surface area contributed by atoms with Gasteiger partial charge in [-0.1, -0.05) is 43.0 Å². The molecule has 2 aromatic carbocycles. The molecule has 164 valence electrons. The van der Waals surface area contributed by atoms with Gasteiger partial charge in [-0.05, 0) is 86.7 Å². The van der Waals surface area contributed by atoms with E-state index in [1.165, 1.54) is 37.7 Å². The van der Waals surface area contributed by atoms with Crippen LogP contribution in [-0.4, -0.2) is 36.2 Å². The van der Waals surface area contributed by atoms with Crippen molar-refractivity contribution in [2.24, 2.45) is 5.92 Å². The molecule has 2 aromatic rings. The van der Waals surface area contributed by atoms with Crippen molar-refractivity contribution in [3.05, 3.63) is 64.7 Å². The second kappa shape index (κ2) is 10.4. The average Bonchev–Trinajstić information content (AvgIpc) is 2.81. The number of nitrogens with one attached hydrogen (secondary N) is 1. The van der Waals surface area contributed by atoms with Crippen molar-refractivity contribution in [1.29, 1.82) is 0 Å². The topological polar surface area (TPSA) is 49.4 Å². The summed E-state index contributed by atoms with van der Waals surface area (Å²) in [7, 11) is 0. The molecule has 1 saturated carbocycles. The van der Waals surface area contributed by atoms with Crippen molar-refractivity contribution in [3.8, 4) is 0 Å². The Balaban J connectivity index is 1.22. The summed E-state index contributed by atoms with van der Waals surface area (Å²) in [5.74, 6) is 0.884. The number of halogens is 1. The first-order chi connectivity index (χ1) is 15.1. The number of Topliss-reactive ketones (excluding diaryl/α,β-unsaturated/α-hetero) is 1. The van der Waals surface area contributed by atoms with Crippen LogP contribution >= 0.6 is 11.6 Å². The van der Waals surface area contributed by atoms with Crippen molar-refractivity contribution in [2.45, 2.75) is 50.9 Å². The van der Waals surface area contributed by atoms with Gasteiger partial charge in [-0.15, -0.1) is 0 Å². The van der Waals surface area contributed by atoms with E-state index in [1.807, 2.05) is 12.1 Å². The lowest BCUT2D eigenvalue weighted by atomic mass is 9.84. The van der Waals surface area contributed by atoms with Crippen LogP contribution in [0.3, 0.4) is 0 Å². The van der Waals surface area contributed by atoms with Gasteiger partial charge in [-0.3, -0.25) is 14.5 Å². The van der Waals surface area contributed by atoms with E-state index in [0.717, 1.165) is 37.2 Å². The molecule has 31 heavy (non-hydrogen) atoms. The lowest BCUT2D eigenvalue weighted by Crippen LogP contribution is -2.40. The third-order valence-electron chi connectivity index (χ3n) is 6.73. The molecular weight excluding hydrogens is 408 g/mol. The van der Waals surface area contributed by atoms with Crippen molar-refractivity contribution in [1.82, 2.24) is 4.90 Å². The number of carbonyl (C=O) groups excluding carboxylic acids is 2. The highest BCUT2D eigenvalue weighted by Crippen LogP contribution is 2.33. The van der Waals surface area contributed by atoms with E-state index < -0.39 is 0 Å². The molecule has 0 spiro atoms. The number of hydrogen-bond acceptors (Lipinski definition) is 3. The van der Waals surface area contributed by atoms with Crippen LogP contribution in [0.2, 0.25) is 5.02 Å². The number of piperidine rings is 1. The number of amides is 1. The fraction of sp³-hybridized carbons (Fsp3) is 0.462. The zero-order valence-corrected chi connectivity index (χ0v) is 18.7. The molecule has 1 N–H and O–H groups in total. The van der Waals surface area contributed by atoms with Crippen LogP contribution in [0.15, 0.2) is 48.5 Å². The van der Waals surface area contributed by atoms with Gasteiger partial charge in [0.05, 0.1) is 6.54 Å². The first-order valence-corrected chi connectivity index (χ1v) is 11.9. The summed E-state index contributed by atoms with van der Waals surface area (Å²) in [5.41, 5.74) is 2.97. The molecule has 1 amide bonds. The van der Waals surface area contributed by atoms with Gasteiger partial charge >= 0.3 is 0 Å². The predicted molar refractivity (Wildman–Crippen MR) is 126 cm³/mol. The van der Waals surface area contributed by atoms with Crippen LogP contribution in [0.4, 0.5) is 5.69 Å². The largest absolute Gasteiger partial charge is 0.325 e. The Bertz CT molecular complexity index is 881. The van der Waals surface area contributed by atoms with Crippen LogP contribution in [0, 0.1) is 5.92 Å². The smallest absolute Gasteiger partial charge is 0.238 e. The molecule has 4 nitrogen and oxygen atoms in total. The maximum Gasteiger partial charge on any atom is 0.238 e. The van der Waals surface area contributed by atoms with E-state index in [9.17, 15) is 9.59 Å². The van der Waals surface area contributed by atoms with Gasteiger partial charge in [0.25, 0.3) is 0 Å². The molecule has 0 radical (unpaired) electrons. The van der Waals surface area contributed by atoms with Gasteiger partial charge in [0, 0.05) is 22.2 Å². The second-order valence-corrected chi connectivity index (χ2v) is 9.36. The molecule has 0 atom stereocenters. The van der Waals surface area contributed by atoms with E-state index in [2.05, 4.69) is 22.3 Å². The van der Waals surface area contributed by atoms with Crippen LogP contribution < -0.4 is 5.32 Å². The average molecular weight is 439 g/mol. The number of benzene rings is 2. The summed E-state index contributed by atoms with van der Waals surface area (Å²) in [6, 6.07) is 15.5. The molecule has 5 heteroatoms. The summed E-state index contributed by atoms with van der Waals surface area (Å²) in [6.45, 7) is 1.89. The highest BCUT2D eigenvalue weighted by atomic mass is 35.5. The normalized spacial score (nSPS) is 18.6. The fourth-order valence-corrected chi connectivity index (χ4v) is 5.01. The van der Waals surface area contributed by atoms with Gasteiger partial charge in [0.1, 0.15) is 0 Å². The van der Waals surface area contributed by atoms with Gasteiger partial charge in [0.2, 0.25) is 5.91 Å². The number of nitrogens with zero attached hydrogens (tertiary/aromatic N) is 1. The minimum Gasteiger partial charge on any atom is -0.325 e. The van der Waals surface area contributed by atoms with Crippen LogP contribution in [0.25, 0.3) is 0 Å². The Kier molecular flexibility index (Phi) is 7.41. The molecule has 1 saturated heterocycles. The summed E-state index contributed by atoms with van der Waals surface area (Å²) in [4.78, 5) is 27.3. The molecule has 0 bridgehead atoms. The molecular formula is C26H31ClN2O2. The van der Waals surface area contributed by atoms with Crippen LogP contribution in [-0.2, 0) is 4.79 Å². The van der Waals surface area contributed by atoms with Gasteiger partial charge < -0.3 is 5.32 Å². The lowest BCUT2D eigenvalue weighted by molar-refractivity contribution is -0.117. The van der Waals surface area contributed by atoms with E-state index in [0.29, 0.717) is 17.5 Å². The highest BCUT2D eigenvalue weighted by molar-refractivity contribution is 6.30. The Morgan fingerprint density at radius 3 is 2.16 bits per heavy atom. The standard InChI is InChI=1S/C26H31ClN2O2/c27-23-10-6-21(7-11-23)26(31)22-14-16-29(17-15-22)18-25(30)28-24-12-8-20(9-13-24)19-4-2-1-3-5-19/h6-13,19,22H,1-5,14-18H2,(H,28,30). The molecule has 4 rings (SSSR count). The zero-order chi connectivity index (χ0) is 21.6. The number of carbonyl (C=O) groups is 2. The minimum atomic E-state index is 0.00731.